The number of aryl methyl sites for hydroxylation is 2. The molecule has 0 bridgehead atoms. The quantitative estimate of drug-likeness (QED) is 0.757. The van der Waals surface area contributed by atoms with Crippen LogP contribution < -0.4 is 5.73 Å². The molecule has 0 aliphatic heterocycles. The van der Waals surface area contributed by atoms with Crippen LogP contribution in [0.4, 0.5) is 10.1 Å². The number of hydrogen-bond donors (Lipinski definition) is 1. The van der Waals surface area contributed by atoms with Crippen LogP contribution in [-0.2, 0) is 6.42 Å². The second kappa shape index (κ2) is 4.54. The summed E-state index contributed by atoms with van der Waals surface area (Å²) in [6.45, 7) is 2.00. The predicted octanol–water partition coefficient (Wildman–Crippen LogP) is 4.20. The summed E-state index contributed by atoms with van der Waals surface area (Å²) in [4.78, 5) is 0. The van der Waals surface area contributed by atoms with E-state index in [4.69, 9.17) is 5.73 Å². The Labute approximate surface area is 112 Å². The summed E-state index contributed by atoms with van der Waals surface area (Å²) < 4.78 is 13.3. The first kappa shape index (κ1) is 12.0. The minimum atomic E-state index is -0.187. The zero-order valence-corrected chi connectivity index (χ0v) is 10.9. The molecule has 0 atom stereocenters. The van der Waals surface area contributed by atoms with Gasteiger partial charge in [-0.25, -0.2) is 4.39 Å². The molecule has 0 radical (unpaired) electrons. The van der Waals surface area contributed by atoms with Gasteiger partial charge in [0.25, 0.3) is 0 Å². The van der Waals surface area contributed by atoms with Crippen LogP contribution in [0.5, 0.6) is 0 Å². The van der Waals surface area contributed by atoms with E-state index in [1.165, 1.54) is 22.8 Å². The average molecular weight is 253 g/mol. The van der Waals surface area contributed by atoms with Crippen molar-refractivity contribution in [3.8, 4) is 0 Å². The Morgan fingerprint density at radius 1 is 1.11 bits per heavy atom. The second-order valence-corrected chi connectivity index (χ2v) is 5.09. The molecule has 0 unspecified atom stereocenters. The Morgan fingerprint density at radius 3 is 2.79 bits per heavy atom. The van der Waals surface area contributed by atoms with Gasteiger partial charge in [0, 0.05) is 5.69 Å². The third-order valence-electron chi connectivity index (χ3n) is 3.71. The smallest absolute Gasteiger partial charge is 0.123 e. The number of allylic oxidation sites excluding steroid dienone is 1. The van der Waals surface area contributed by atoms with Gasteiger partial charge in [-0.1, -0.05) is 18.2 Å². The lowest BCUT2D eigenvalue weighted by atomic mass is 10.0. The lowest BCUT2D eigenvalue weighted by Crippen LogP contribution is -1.88. The van der Waals surface area contributed by atoms with E-state index in [0.29, 0.717) is 0 Å². The zero-order valence-electron chi connectivity index (χ0n) is 10.9. The van der Waals surface area contributed by atoms with Gasteiger partial charge >= 0.3 is 0 Å². The monoisotopic (exact) mass is 253 g/mol. The van der Waals surface area contributed by atoms with E-state index < -0.39 is 0 Å². The highest BCUT2D eigenvalue weighted by Crippen LogP contribution is 2.35. The molecule has 0 saturated carbocycles. The highest BCUT2D eigenvalue weighted by atomic mass is 19.1. The van der Waals surface area contributed by atoms with Crippen LogP contribution in [0.3, 0.4) is 0 Å². The first-order chi connectivity index (χ1) is 9.13. The van der Waals surface area contributed by atoms with Crippen molar-refractivity contribution in [3.63, 3.8) is 0 Å². The molecule has 19 heavy (non-hydrogen) atoms. The fraction of sp³-hybridized carbons (Fsp3) is 0.176. The van der Waals surface area contributed by atoms with Crippen molar-refractivity contribution >= 4 is 17.3 Å². The topological polar surface area (TPSA) is 26.0 Å². The molecule has 2 aromatic rings. The molecule has 0 fully saturated rings. The van der Waals surface area contributed by atoms with Crippen molar-refractivity contribution in [1.82, 2.24) is 0 Å². The van der Waals surface area contributed by atoms with E-state index in [1.807, 2.05) is 25.1 Å². The van der Waals surface area contributed by atoms with Crippen LogP contribution in [0, 0.1) is 12.7 Å². The maximum absolute atomic E-state index is 13.3. The Balaban J connectivity index is 2.05. The van der Waals surface area contributed by atoms with E-state index >= 15 is 0 Å². The molecule has 2 aromatic carbocycles. The summed E-state index contributed by atoms with van der Waals surface area (Å²) in [6.07, 6.45) is 4.11. The normalized spacial score (nSPS) is 15.8. The second-order valence-electron chi connectivity index (χ2n) is 5.09. The summed E-state index contributed by atoms with van der Waals surface area (Å²) in [5, 5.41) is 0. The summed E-state index contributed by atoms with van der Waals surface area (Å²) in [5.41, 5.74) is 12.5. The predicted molar refractivity (Wildman–Crippen MR) is 78.2 cm³/mol. The number of benzene rings is 2. The highest BCUT2D eigenvalue weighted by molar-refractivity contribution is 5.86. The van der Waals surface area contributed by atoms with Crippen LogP contribution in [0.2, 0.25) is 0 Å². The SMILES string of the molecule is Cc1ccc(F)cc1/C=C1/CCc2cc(N)ccc21. The van der Waals surface area contributed by atoms with Gasteiger partial charge in [-0.2, -0.15) is 0 Å². The van der Waals surface area contributed by atoms with Crippen molar-refractivity contribution in [2.45, 2.75) is 19.8 Å². The van der Waals surface area contributed by atoms with Crippen molar-refractivity contribution in [1.29, 1.82) is 0 Å². The summed E-state index contributed by atoms with van der Waals surface area (Å²) in [5.74, 6) is -0.187. The number of fused-ring (bicyclic) bond motifs is 1. The van der Waals surface area contributed by atoms with Crippen LogP contribution in [0.15, 0.2) is 36.4 Å². The van der Waals surface area contributed by atoms with Gasteiger partial charge in [-0.3, -0.25) is 0 Å². The van der Waals surface area contributed by atoms with E-state index in [0.717, 1.165) is 29.7 Å². The molecule has 1 nitrogen and oxygen atoms in total. The van der Waals surface area contributed by atoms with Crippen LogP contribution in [0.25, 0.3) is 11.6 Å². The van der Waals surface area contributed by atoms with Gasteiger partial charge in [-0.15, -0.1) is 0 Å². The lowest BCUT2D eigenvalue weighted by Gasteiger charge is -2.05. The van der Waals surface area contributed by atoms with Crippen molar-refractivity contribution in [2.24, 2.45) is 0 Å². The largest absolute Gasteiger partial charge is 0.399 e. The molecule has 0 heterocycles. The van der Waals surface area contributed by atoms with Crippen LogP contribution in [-0.4, -0.2) is 0 Å². The van der Waals surface area contributed by atoms with Gasteiger partial charge in [-0.05, 0) is 71.9 Å². The van der Waals surface area contributed by atoms with Crippen molar-refractivity contribution in [2.75, 3.05) is 5.73 Å². The Kier molecular flexibility index (Phi) is 2.86. The summed E-state index contributed by atoms with van der Waals surface area (Å²) in [6, 6.07) is 10.9. The summed E-state index contributed by atoms with van der Waals surface area (Å²) in [7, 11) is 0. The molecule has 2 N–H and O–H groups in total. The van der Waals surface area contributed by atoms with Crippen molar-refractivity contribution < 1.29 is 4.39 Å². The molecule has 0 spiro atoms. The third-order valence-corrected chi connectivity index (χ3v) is 3.71. The minimum absolute atomic E-state index is 0.187. The number of rotatable bonds is 1. The lowest BCUT2D eigenvalue weighted by molar-refractivity contribution is 0.627. The van der Waals surface area contributed by atoms with Gasteiger partial charge < -0.3 is 5.73 Å². The van der Waals surface area contributed by atoms with Crippen molar-refractivity contribution in [3.05, 3.63) is 64.5 Å². The van der Waals surface area contributed by atoms with E-state index in [-0.39, 0.29) is 5.82 Å². The van der Waals surface area contributed by atoms with Gasteiger partial charge in [0.15, 0.2) is 0 Å². The van der Waals surface area contributed by atoms with E-state index in [9.17, 15) is 4.39 Å². The maximum atomic E-state index is 13.3. The zero-order chi connectivity index (χ0) is 13.4. The van der Waals surface area contributed by atoms with E-state index in [1.54, 1.807) is 6.07 Å². The number of nitrogens with two attached hydrogens (primary N) is 1. The number of nitrogen functional groups attached to an aromatic ring is 1. The molecular formula is C17H16FN. The standard InChI is InChI=1S/C17H16FN/c1-11-2-5-15(18)9-14(11)8-12-3-4-13-10-16(19)6-7-17(12)13/h2,5-10H,3-4,19H2,1H3/b12-8-. The van der Waals surface area contributed by atoms with Gasteiger partial charge in [0.05, 0.1) is 0 Å². The fourth-order valence-electron chi connectivity index (χ4n) is 2.64. The van der Waals surface area contributed by atoms with Gasteiger partial charge in [0.1, 0.15) is 5.82 Å². The third kappa shape index (κ3) is 2.26. The molecule has 1 aliphatic carbocycles. The van der Waals surface area contributed by atoms with Crippen LogP contribution >= 0.6 is 0 Å². The highest BCUT2D eigenvalue weighted by Gasteiger charge is 2.16. The molecule has 0 saturated heterocycles. The minimum Gasteiger partial charge on any atom is -0.399 e. The number of hydrogen-bond acceptors (Lipinski definition) is 1. The maximum Gasteiger partial charge on any atom is 0.123 e. The summed E-state index contributed by atoms with van der Waals surface area (Å²) >= 11 is 0. The van der Waals surface area contributed by atoms with Gasteiger partial charge in [0.2, 0.25) is 0 Å². The average Bonchev–Trinajstić information content (AvgIpc) is 2.76. The molecule has 1 aliphatic rings. The first-order valence-electron chi connectivity index (χ1n) is 6.49. The molecule has 0 amide bonds. The Bertz CT molecular complexity index is 671. The molecule has 0 aromatic heterocycles. The Hall–Kier alpha value is -2.09. The number of anilines is 1. The molecular weight excluding hydrogens is 237 g/mol. The van der Waals surface area contributed by atoms with E-state index in [2.05, 4.69) is 12.1 Å². The molecule has 2 heteroatoms. The molecule has 3 rings (SSSR count). The fourth-order valence-corrected chi connectivity index (χ4v) is 2.64. The Morgan fingerprint density at radius 2 is 1.95 bits per heavy atom. The number of halogens is 1. The first-order valence-corrected chi connectivity index (χ1v) is 6.49. The molecule has 96 valence electrons. The van der Waals surface area contributed by atoms with Crippen LogP contribution in [0.1, 0.15) is 28.7 Å².